The van der Waals surface area contributed by atoms with Crippen molar-refractivity contribution in [2.75, 3.05) is 5.32 Å². The molecule has 8 heteroatoms. The van der Waals surface area contributed by atoms with Crippen molar-refractivity contribution in [1.29, 1.82) is 0 Å². The van der Waals surface area contributed by atoms with Crippen LogP contribution < -0.4 is 5.32 Å². The number of nitro benzene ring substituents is 1. The van der Waals surface area contributed by atoms with Gasteiger partial charge in [-0.15, -0.1) is 0 Å². The Bertz CT molecular complexity index is 771. The number of fused-ring (bicyclic) bond motifs is 1. The first kappa shape index (κ1) is 15.0. The number of non-ortho nitro benzene ring substituents is 1. The van der Waals surface area contributed by atoms with Gasteiger partial charge < -0.3 is 10.1 Å². The molecule has 0 aliphatic carbocycles. The van der Waals surface area contributed by atoms with Gasteiger partial charge in [0, 0.05) is 26.6 Å². The van der Waals surface area contributed by atoms with Crippen LogP contribution in [0.5, 0.6) is 0 Å². The summed E-state index contributed by atoms with van der Waals surface area (Å²) in [5.41, 5.74) is 1.76. The topological polar surface area (TPSA) is 81.5 Å². The lowest BCUT2D eigenvalue weighted by atomic mass is 10.1. The maximum atomic E-state index is 11.8. The molecule has 0 spiro atoms. The van der Waals surface area contributed by atoms with Crippen molar-refractivity contribution in [1.82, 2.24) is 0 Å². The molecule has 0 saturated carbocycles. The number of nitro groups is 1. The fraction of sp³-hybridized carbons (Fsp3) is 0.0714. The Morgan fingerprint density at radius 2 is 1.82 bits per heavy atom. The number of carbonyl (C=O) groups is 1. The van der Waals surface area contributed by atoms with Gasteiger partial charge in [-0.25, -0.2) is 4.79 Å². The molecule has 0 amide bonds. The van der Waals surface area contributed by atoms with Crippen LogP contribution in [0.2, 0.25) is 0 Å². The van der Waals surface area contributed by atoms with Crippen LogP contribution >= 0.6 is 31.9 Å². The second-order valence-electron chi connectivity index (χ2n) is 4.56. The standard InChI is InChI=1S/C14H8Br2N2O4/c15-10-5-7(18(20)21)6-11(16)12(10)17-13-8-3-1-2-4-9(8)14(19)22-13/h1-6,13,17H. The molecule has 0 saturated heterocycles. The molecule has 1 unspecified atom stereocenters. The molecule has 2 aromatic carbocycles. The quantitative estimate of drug-likeness (QED) is 0.446. The summed E-state index contributed by atoms with van der Waals surface area (Å²) >= 11 is 6.58. The molecule has 1 atom stereocenters. The Morgan fingerprint density at radius 1 is 1.18 bits per heavy atom. The van der Waals surface area contributed by atoms with Crippen LogP contribution in [0.15, 0.2) is 45.3 Å². The van der Waals surface area contributed by atoms with Crippen LogP contribution in [0.1, 0.15) is 22.1 Å². The molecule has 1 aliphatic rings. The van der Waals surface area contributed by atoms with E-state index in [1.165, 1.54) is 12.1 Å². The monoisotopic (exact) mass is 426 g/mol. The third-order valence-corrected chi connectivity index (χ3v) is 4.45. The average molecular weight is 428 g/mol. The molecule has 1 heterocycles. The number of nitrogens with zero attached hydrogens (tertiary/aromatic N) is 1. The van der Waals surface area contributed by atoms with Crippen molar-refractivity contribution in [2.24, 2.45) is 0 Å². The molecule has 1 aliphatic heterocycles. The summed E-state index contributed by atoms with van der Waals surface area (Å²) in [5, 5.41) is 13.9. The number of ether oxygens (including phenoxy) is 1. The van der Waals surface area contributed by atoms with Crippen molar-refractivity contribution >= 4 is 49.2 Å². The zero-order valence-electron chi connectivity index (χ0n) is 10.9. The zero-order chi connectivity index (χ0) is 15.9. The van der Waals surface area contributed by atoms with Crippen molar-refractivity contribution in [3.63, 3.8) is 0 Å². The van der Waals surface area contributed by atoms with E-state index in [0.29, 0.717) is 20.2 Å². The second kappa shape index (κ2) is 5.69. The number of hydrogen-bond donors (Lipinski definition) is 1. The molecule has 2 aromatic rings. The first-order valence-electron chi connectivity index (χ1n) is 6.17. The number of rotatable bonds is 3. The molecule has 0 aromatic heterocycles. The predicted octanol–water partition coefficient (Wildman–Crippen LogP) is 4.40. The summed E-state index contributed by atoms with van der Waals surface area (Å²) in [7, 11) is 0. The van der Waals surface area contributed by atoms with Gasteiger partial charge in [0.1, 0.15) is 0 Å². The van der Waals surface area contributed by atoms with Crippen molar-refractivity contribution in [3.8, 4) is 0 Å². The van der Waals surface area contributed by atoms with E-state index in [2.05, 4.69) is 37.2 Å². The SMILES string of the molecule is O=C1OC(Nc2c(Br)cc([N+](=O)[O-])cc2Br)c2ccccc21. The third kappa shape index (κ3) is 2.59. The van der Waals surface area contributed by atoms with E-state index in [1.807, 2.05) is 6.07 Å². The van der Waals surface area contributed by atoms with E-state index < -0.39 is 17.1 Å². The maximum Gasteiger partial charge on any atom is 0.340 e. The fourth-order valence-corrected chi connectivity index (χ4v) is 3.58. The Labute approximate surface area is 141 Å². The van der Waals surface area contributed by atoms with E-state index in [0.717, 1.165) is 5.56 Å². The summed E-state index contributed by atoms with van der Waals surface area (Å²) < 4.78 is 6.29. The normalized spacial score (nSPS) is 16.1. The Morgan fingerprint density at radius 3 is 2.45 bits per heavy atom. The van der Waals surface area contributed by atoms with Gasteiger partial charge in [-0.05, 0) is 37.9 Å². The minimum atomic E-state index is -0.641. The molecule has 0 bridgehead atoms. The average Bonchev–Trinajstić information content (AvgIpc) is 2.79. The minimum Gasteiger partial charge on any atom is -0.434 e. The van der Waals surface area contributed by atoms with E-state index in [9.17, 15) is 14.9 Å². The number of anilines is 1. The Hall–Kier alpha value is -1.93. The molecule has 0 radical (unpaired) electrons. The highest BCUT2D eigenvalue weighted by Gasteiger charge is 2.31. The number of cyclic esters (lactones) is 1. The van der Waals surface area contributed by atoms with Crippen molar-refractivity contribution < 1.29 is 14.5 Å². The van der Waals surface area contributed by atoms with Gasteiger partial charge in [0.15, 0.2) is 0 Å². The van der Waals surface area contributed by atoms with Crippen LogP contribution in [0.4, 0.5) is 11.4 Å². The van der Waals surface area contributed by atoms with Gasteiger partial charge in [-0.2, -0.15) is 0 Å². The molecule has 112 valence electrons. The zero-order valence-corrected chi connectivity index (χ0v) is 14.0. The van der Waals surface area contributed by atoms with Gasteiger partial charge in [-0.3, -0.25) is 10.1 Å². The lowest BCUT2D eigenvalue weighted by molar-refractivity contribution is -0.385. The smallest absolute Gasteiger partial charge is 0.340 e. The van der Waals surface area contributed by atoms with Gasteiger partial charge >= 0.3 is 5.97 Å². The lowest BCUT2D eigenvalue weighted by Crippen LogP contribution is -2.11. The molecule has 3 rings (SSSR count). The predicted molar refractivity (Wildman–Crippen MR) is 86.7 cm³/mol. The first-order valence-corrected chi connectivity index (χ1v) is 7.76. The number of esters is 1. The summed E-state index contributed by atoms with van der Waals surface area (Å²) in [5.74, 6) is -0.401. The third-order valence-electron chi connectivity index (χ3n) is 3.20. The van der Waals surface area contributed by atoms with Crippen molar-refractivity contribution in [3.05, 3.63) is 66.6 Å². The number of carbonyl (C=O) groups excluding carboxylic acids is 1. The Kier molecular flexibility index (Phi) is 3.88. The molecule has 1 N–H and O–H groups in total. The van der Waals surface area contributed by atoms with E-state index >= 15 is 0 Å². The Balaban J connectivity index is 1.95. The number of hydrogen-bond acceptors (Lipinski definition) is 5. The van der Waals surface area contributed by atoms with E-state index in [1.54, 1.807) is 18.2 Å². The van der Waals surface area contributed by atoms with Crippen LogP contribution in [0.3, 0.4) is 0 Å². The maximum absolute atomic E-state index is 11.8. The number of benzene rings is 2. The highest BCUT2D eigenvalue weighted by atomic mass is 79.9. The molecule has 22 heavy (non-hydrogen) atoms. The molecular formula is C14H8Br2N2O4. The minimum absolute atomic E-state index is 0.0480. The van der Waals surface area contributed by atoms with Crippen LogP contribution in [-0.4, -0.2) is 10.9 Å². The summed E-state index contributed by atoms with van der Waals surface area (Å²) in [4.78, 5) is 22.2. The number of halogens is 2. The highest BCUT2D eigenvalue weighted by molar-refractivity contribution is 9.11. The van der Waals surface area contributed by atoms with E-state index in [4.69, 9.17) is 4.74 Å². The van der Waals surface area contributed by atoms with Gasteiger partial charge in [0.2, 0.25) is 6.23 Å². The van der Waals surface area contributed by atoms with Crippen molar-refractivity contribution in [2.45, 2.75) is 6.23 Å². The largest absolute Gasteiger partial charge is 0.434 e. The van der Waals surface area contributed by atoms with Gasteiger partial charge in [0.25, 0.3) is 5.69 Å². The molecule has 0 fully saturated rings. The molecular weight excluding hydrogens is 420 g/mol. The van der Waals surface area contributed by atoms with Crippen LogP contribution in [0, 0.1) is 10.1 Å². The van der Waals surface area contributed by atoms with Crippen LogP contribution in [-0.2, 0) is 4.74 Å². The fourth-order valence-electron chi connectivity index (χ4n) is 2.19. The lowest BCUT2D eigenvalue weighted by Gasteiger charge is -2.17. The van der Waals surface area contributed by atoms with Crippen LogP contribution in [0.25, 0.3) is 0 Å². The second-order valence-corrected chi connectivity index (χ2v) is 6.27. The van der Waals surface area contributed by atoms with Gasteiger partial charge in [0.05, 0.1) is 16.2 Å². The van der Waals surface area contributed by atoms with Gasteiger partial charge in [-0.1, -0.05) is 18.2 Å². The summed E-state index contributed by atoms with van der Waals surface area (Å²) in [6, 6.07) is 9.84. The highest BCUT2D eigenvalue weighted by Crippen LogP contribution is 2.39. The number of nitrogens with one attached hydrogen (secondary N) is 1. The van der Waals surface area contributed by atoms with E-state index in [-0.39, 0.29) is 5.69 Å². The first-order chi connectivity index (χ1) is 10.5. The molecule has 6 nitrogen and oxygen atoms in total. The summed E-state index contributed by atoms with van der Waals surface area (Å²) in [6.07, 6.45) is -0.641. The summed E-state index contributed by atoms with van der Waals surface area (Å²) in [6.45, 7) is 0.